The first-order valence-corrected chi connectivity index (χ1v) is 5.87. The average molecular weight is 228 g/mol. The standard InChI is InChI=1S/C12H24N2O2/c1-6-10(15)13-8-9(12(3,4)5)14-11(16)7-2/h9H,6-8H2,1-5H3,(H,13,15)(H,14,16). The Hall–Kier alpha value is -1.06. The predicted molar refractivity (Wildman–Crippen MR) is 65.0 cm³/mol. The first kappa shape index (κ1) is 14.9. The van der Waals surface area contributed by atoms with E-state index in [0.717, 1.165) is 0 Å². The van der Waals surface area contributed by atoms with E-state index < -0.39 is 0 Å². The highest BCUT2D eigenvalue weighted by molar-refractivity contribution is 5.77. The molecule has 0 aliphatic rings. The lowest BCUT2D eigenvalue weighted by Gasteiger charge is -2.31. The summed E-state index contributed by atoms with van der Waals surface area (Å²) in [5.74, 6) is 0.0330. The van der Waals surface area contributed by atoms with Gasteiger partial charge in [0.15, 0.2) is 0 Å². The Morgan fingerprint density at radius 3 is 1.94 bits per heavy atom. The molecular weight excluding hydrogens is 204 g/mol. The molecule has 0 radical (unpaired) electrons. The fourth-order valence-electron chi connectivity index (χ4n) is 1.21. The fourth-order valence-corrected chi connectivity index (χ4v) is 1.21. The third-order valence-electron chi connectivity index (χ3n) is 2.53. The zero-order valence-electron chi connectivity index (χ0n) is 11.0. The van der Waals surface area contributed by atoms with E-state index in [1.165, 1.54) is 0 Å². The SMILES string of the molecule is CCC(=O)NCC(NC(=O)CC)C(C)(C)C. The van der Waals surface area contributed by atoms with Crippen molar-refractivity contribution in [2.45, 2.75) is 53.5 Å². The summed E-state index contributed by atoms with van der Waals surface area (Å²) in [6, 6.07) is -0.0320. The molecule has 0 saturated heterocycles. The molecule has 94 valence electrons. The van der Waals surface area contributed by atoms with Crippen molar-refractivity contribution in [1.82, 2.24) is 10.6 Å². The molecule has 0 aliphatic heterocycles. The molecule has 0 rings (SSSR count). The highest BCUT2D eigenvalue weighted by atomic mass is 16.2. The van der Waals surface area contributed by atoms with Crippen molar-refractivity contribution in [3.63, 3.8) is 0 Å². The molecule has 0 aliphatic carbocycles. The normalized spacial score (nSPS) is 13.1. The molecule has 0 aromatic heterocycles. The minimum atomic E-state index is -0.0636. The second kappa shape index (κ2) is 6.51. The van der Waals surface area contributed by atoms with Gasteiger partial charge in [0.05, 0.1) is 6.04 Å². The van der Waals surface area contributed by atoms with E-state index in [4.69, 9.17) is 0 Å². The molecule has 16 heavy (non-hydrogen) atoms. The zero-order valence-corrected chi connectivity index (χ0v) is 11.0. The highest BCUT2D eigenvalue weighted by Gasteiger charge is 2.25. The second-order valence-corrected chi connectivity index (χ2v) is 5.00. The maximum Gasteiger partial charge on any atom is 0.220 e. The molecule has 1 unspecified atom stereocenters. The zero-order chi connectivity index (χ0) is 12.8. The molecule has 0 bridgehead atoms. The van der Waals surface area contributed by atoms with Crippen LogP contribution in [0.3, 0.4) is 0 Å². The van der Waals surface area contributed by atoms with Gasteiger partial charge in [0, 0.05) is 19.4 Å². The van der Waals surface area contributed by atoms with Crippen LogP contribution in [0.25, 0.3) is 0 Å². The van der Waals surface area contributed by atoms with Crippen LogP contribution in [-0.4, -0.2) is 24.4 Å². The molecule has 0 spiro atoms. The van der Waals surface area contributed by atoms with Crippen LogP contribution in [0.5, 0.6) is 0 Å². The van der Waals surface area contributed by atoms with Crippen LogP contribution < -0.4 is 10.6 Å². The topological polar surface area (TPSA) is 58.2 Å². The predicted octanol–water partition coefficient (Wildman–Crippen LogP) is 1.45. The Morgan fingerprint density at radius 2 is 1.56 bits per heavy atom. The molecule has 0 heterocycles. The number of amides is 2. The molecule has 4 nitrogen and oxygen atoms in total. The number of carbonyl (C=O) groups excluding carboxylic acids is 2. The van der Waals surface area contributed by atoms with Crippen LogP contribution in [0.4, 0.5) is 0 Å². The van der Waals surface area contributed by atoms with Gasteiger partial charge < -0.3 is 10.6 Å². The van der Waals surface area contributed by atoms with Crippen LogP contribution >= 0.6 is 0 Å². The molecule has 2 N–H and O–H groups in total. The van der Waals surface area contributed by atoms with Crippen LogP contribution in [0.2, 0.25) is 0 Å². The first-order valence-electron chi connectivity index (χ1n) is 5.87. The Labute approximate surface area is 98.2 Å². The van der Waals surface area contributed by atoms with Gasteiger partial charge in [-0.3, -0.25) is 9.59 Å². The van der Waals surface area contributed by atoms with Gasteiger partial charge in [0.2, 0.25) is 11.8 Å². The largest absolute Gasteiger partial charge is 0.354 e. The van der Waals surface area contributed by atoms with Crippen molar-refractivity contribution in [2.75, 3.05) is 6.54 Å². The summed E-state index contributed by atoms with van der Waals surface area (Å²) in [6.07, 6.45) is 0.937. The van der Waals surface area contributed by atoms with Gasteiger partial charge in [0.1, 0.15) is 0 Å². The summed E-state index contributed by atoms with van der Waals surface area (Å²) in [6.45, 7) is 10.3. The van der Waals surface area contributed by atoms with E-state index in [-0.39, 0.29) is 23.3 Å². The van der Waals surface area contributed by atoms with Crippen molar-refractivity contribution in [2.24, 2.45) is 5.41 Å². The van der Waals surface area contributed by atoms with E-state index in [2.05, 4.69) is 10.6 Å². The summed E-state index contributed by atoms with van der Waals surface area (Å²) in [7, 11) is 0. The summed E-state index contributed by atoms with van der Waals surface area (Å²) >= 11 is 0. The van der Waals surface area contributed by atoms with E-state index >= 15 is 0 Å². The Balaban J connectivity index is 4.33. The lowest BCUT2D eigenvalue weighted by atomic mass is 9.86. The molecule has 0 saturated carbocycles. The van der Waals surface area contributed by atoms with Gasteiger partial charge in [-0.05, 0) is 5.41 Å². The van der Waals surface area contributed by atoms with Crippen LogP contribution in [0.1, 0.15) is 47.5 Å². The van der Waals surface area contributed by atoms with Crippen molar-refractivity contribution in [3.8, 4) is 0 Å². The number of carbonyl (C=O) groups is 2. The summed E-state index contributed by atoms with van der Waals surface area (Å²) in [4.78, 5) is 22.5. The van der Waals surface area contributed by atoms with Gasteiger partial charge in [-0.15, -0.1) is 0 Å². The van der Waals surface area contributed by atoms with Gasteiger partial charge in [-0.2, -0.15) is 0 Å². The third-order valence-corrected chi connectivity index (χ3v) is 2.53. The van der Waals surface area contributed by atoms with Crippen LogP contribution in [0.15, 0.2) is 0 Å². The van der Waals surface area contributed by atoms with Gasteiger partial charge in [0.25, 0.3) is 0 Å². The fraction of sp³-hybridized carbons (Fsp3) is 0.833. The summed E-state index contributed by atoms with van der Waals surface area (Å²) in [5.41, 5.74) is -0.0636. The van der Waals surface area contributed by atoms with E-state index in [1.54, 1.807) is 0 Å². The average Bonchev–Trinajstić information content (AvgIpc) is 2.21. The highest BCUT2D eigenvalue weighted by Crippen LogP contribution is 2.18. The number of hydrogen-bond acceptors (Lipinski definition) is 2. The number of nitrogens with one attached hydrogen (secondary N) is 2. The van der Waals surface area contributed by atoms with Gasteiger partial charge in [-0.25, -0.2) is 0 Å². The van der Waals surface area contributed by atoms with E-state index in [0.29, 0.717) is 19.4 Å². The number of hydrogen-bond donors (Lipinski definition) is 2. The Kier molecular flexibility index (Phi) is 6.08. The van der Waals surface area contributed by atoms with Crippen molar-refractivity contribution >= 4 is 11.8 Å². The van der Waals surface area contributed by atoms with Crippen LogP contribution in [-0.2, 0) is 9.59 Å². The van der Waals surface area contributed by atoms with Crippen molar-refractivity contribution < 1.29 is 9.59 Å². The lowest BCUT2D eigenvalue weighted by molar-refractivity contribution is -0.124. The molecule has 4 heteroatoms. The molecule has 0 aromatic carbocycles. The maximum atomic E-state index is 11.4. The first-order chi connectivity index (χ1) is 7.31. The molecule has 1 atom stereocenters. The Morgan fingerprint density at radius 1 is 1.06 bits per heavy atom. The van der Waals surface area contributed by atoms with Crippen molar-refractivity contribution in [3.05, 3.63) is 0 Å². The quantitative estimate of drug-likeness (QED) is 0.748. The minimum Gasteiger partial charge on any atom is -0.354 e. The van der Waals surface area contributed by atoms with Crippen LogP contribution in [0, 0.1) is 5.41 Å². The van der Waals surface area contributed by atoms with E-state index in [9.17, 15) is 9.59 Å². The number of rotatable bonds is 5. The molecular formula is C12H24N2O2. The Bertz CT molecular complexity index is 244. The van der Waals surface area contributed by atoms with Crippen molar-refractivity contribution in [1.29, 1.82) is 0 Å². The smallest absolute Gasteiger partial charge is 0.220 e. The molecule has 2 amide bonds. The lowest BCUT2D eigenvalue weighted by Crippen LogP contribution is -2.50. The third kappa shape index (κ3) is 5.73. The monoisotopic (exact) mass is 228 g/mol. The maximum absolute atomic E-state index is 11.4. The van der Waals surface area contributed by atoms with Gasteiger partial charge >= 0.3 is 0 Å². The molecule has 0 fully saturated rings. The van der Waals surface area contributed by atoms with Gasteiger partial charge in [-0.1, -0.05) is 34.6 Å². The second-order valence-electron chi connectivity index (χ2n) is 5.00. The summed E-state index contributed by atoms with van der Waals surface area (Å²) < 4.78 is 0. The molecule has 0 aromatic rings. The summed E-state index contributed by atoms with van der Waals surface area (Å²) in [5, 5.41) is 5.75. The van der Waals surface area contributed by atoms with E-state index in [1.807, 2.05) is 34.6 Å². The minimum absolute atomic E-state index is 0.0139.